The third-order valence-electron chi connectivity index (χ3n) is 2.86. The van der Waals surface area contributed by atoms with E-state index in [9.17, 15) is 4.79 Å². The molecule has 0 spiro atoms. The van der Waals surface area contributed by atoms with Crippen LogP contribution in [0.5, 0.6) is 0 Å². The Morgan fingerprint density at radius 1 is 1.26 bits per heavy atom. The number of aliphatic hydroxyl groups is 3. The SMILES string of the molecule is CO.NCCCCC(=O)O.OCC1CCCC(O)C1. The van der Waals surface area contributed by atoms with Crippen molar-refractivity contribution in [3.05, 3.63) is 0 Å². The van der Waals surface area contributed by atoms with Crippen molar-refractivity contribution in [3.63, 3.8) is 0 Å². The fraction of sp³-hybridized carbons (Fsp3) is 0.923. The molecule has 0 radical (unpaired) electrons. The number of hydrogen-bond donors (Lipinski definition) is 5. The van der Waals surface area contributed by atoms with Crippen molar-refractivity contribution in [1.29, 1.82) is 0 Å². The van der Waals surface area contributed by atoms with E-state index in [0.717, 1.165) is 39.2 Å². The quantitative estimate of drug-likeness (QED) is 0.462. The Bertz CT molecular complexity index is 201. The zero-order valence-electron chi connectivity index (χ0n) is 11.8. The van der Waals surface area contributed by atoms with Gasteiger partial charge in [0.1, 0.15) is 0 Å². The number of aliphatic carboxylic acids is 1. The van der Waals surface area contributed by atoms with Crippen LogP contribution in [0.15, 0.2) is 0 Å². The predicted molar refractivity (Wildman–Crippen MR) is 73.7 cm³/mol. The Morgan fingerprint density at radius 2 is 1.89 bits per heavy atom. The third-order valence-corrected chi connectivity index (χ3v) is 2.86. The molecule has 0 aliphatic heterocycles. The molecule has 1 aliphatic rings. The lowest BCUT2D eigenvalue weighted by molar-refractivity contribution is -0.137. The number of hydrogen-bond acceptors (Lipinski definition) is 5. The average Bonchev–Trinajstić information content (AvgIpc) is 2.42. The van der Waals surface area contributed by atoms with Crippen LogP contribution in [0.3, 0.4) is 0 Å². The maximum Gasteiger partial charge on any atom is 0.303 e. The van der Waals surface area contributed by atoms with Crippen molar-refractivity contribution < 1.29 is 25.2 Å². The summed E-state index contributed by atoms with van der Waals surface area (Å²) in [5.41, 5.74) is 5.12. The van der Waals surface area contributed by atoms with Crippen molar-refractivity contribution in [2.45, 2.75) is 51.0 Å². The Hall–Kier alpha value is -0.690. The van der Waals surface area contributed by atoms with E-state index >= 15 is 0 Å². The minimum absolute atomic E-state index is 0.143. The molecule has 6 heteroatoms. The van der Waals surface area contributed by atoms with Gasteiger partial charge in [0.15, 0.2) is 0 Å². The molecule has 1 fully saturated rings. The Morgan fingerprint density at radius 3 is 2.26 bits per heavy atom. The van der Waals surface area contributed by atoms with Gasteiger partial charge < -0.3 is 26.2 Å². The molecule has 0 heterocycles. The van der Waals surface area contributed by atoms with Crippen LogP contribution in [0.1, 0.15) is 44.9 Å². The first kappa shape index (κ1) is 20.6. The molecule has 0 saturated heterocycles. The van der Waals surface area contributed by atoms with Gasteiger partial charge in [0.2, 0.25) is 0 Å². The first-order chi connectivity index (χ1) is 9.10. The van der Waals surface area contributed by atoms with E-state index < -0.39 is 5.97 Å². The number of aliphatic hydroxyl groups excluding tert-OH is 3. The lowest BCUT2D eigenvalue weighted by Gasteiger charge is -2.23. The van der Waals surface area contributed by atoms with Gasteiger partial charge in [0, 0.05) is 20.1 Å². The summed E-state index contributed by atoms with van der Waals surface area (Å²) >= 11 is 0. The summed E-state index contributed by atoms with van der Waals surface area (Å²) in [6.45, 7) is 0.838. The molecular formula is C13H29NO5. The van der Waals surface area contributed by atoms with E-state index in [2.05, 4.69) is 0 Å². The molecule has 0 bridgehead atoms. The van der Waals surface area contributed by atoms with Gasteiger partial charge in [-0.3, -0.25) is 4.79 Å². The molecule has 6 N–H and O–H groups in total. The minimum atomic E-state index is -0.738. The highest BCUT2D eigenvalue weighted by Crippen LogP contribution is 2.23. The van der Waals surface area contributed by atoms with E-state index in [1.165, 1.54) is 0 Å². The number of nitrogens with two attached hydrogens (primary N) is 1. The summed E-state index contributed by atoms with van der Waals surface area (Å²) in [5.74, 6) is -0.368. The summed E-state index contributed by atoms with van der Waals surface area (Å²) in [6, 6.07) is 0. The van der Waals surface area contributed by atoms with Crippen molar-refractivity contribution in [1.82, 2.24) is 0 Å². The minimum Gasteiger partial charge on any atom is -0.481 e. The van der Waals surface area contributed by atoms with Crippen LogP contribution in [-0.4, -0.2) is 52.8 Å². The van der Waals surface area contributed by atoms with Crippen LogP contribution in [0.4, 0.5) is 0 Å². The normalized spacial score (nSPS) is 21.5. The Balaban J connectivity index is 0. The number of carboxylic acid groups (broad SMARTS) is 1. The maximum atomic E-state index is 9.83. The van der Waals surface area contributed by atoms with Crippen molar-refractivity contribution >= 4 is 5.97 Å². The summed E-state index contributed by atoms with van der Waals surface area (Å²) < 4.78 is 0. The van der Waals surface area contributed by atoms with Gasteiger partial charge in [-0.25, -0.2) is 0 Å². The van der Waals surface area contributed by atoms with Crippen LogP contribution < -0.4 is 5.73 Å². The largest absolute Gasteiger partial charge is 0.481 e. The van der Waals surface area contributed by atoms with E-state index in [1.807, 2.05) is 0 Å². The van der Waals surface area contributed by atoms with Crippen LogP contribution in [0.25, 0.3) is 0 Å². The molecule has 1 aliphatic carbocycles. The molecule has 0 aromatic rings. The molecule has 0 aromatic heterocycles. The Labute approximate surface area is 115 Å². The van der Waals surface area contributed by atoms with Crippen LogP contribution in [0.2, 0.25) is 0 Å². The molecule has 1 rings (SSSR count). The lowest BCUT2D eigenvalue weighted by atomic mass is 9.88. The van der Waals surface area contributed by atoms with Crippen LogP contribution in [-0.2, 0) is 4.79 Å². The highest BCUT2D eigenvalue weighted by Gasteiger charge is 2.18. The molecular weight excluding hydrogens is 250 g/mol. The first-order valence-corrected chi connectivity index (χ1v) is 6.75. The maximum absolute atomic E-state index is 9.83. The van der Waals surface area contributed by atoms with E-state index in [4.69, 9.17) is 26.2 Å². The average molecular weight is 279 g/mol. The van der Waals surface area contributed by atoms with Crippen molar-refractivity contribution in [3.8, 4) is 0 Å². The summed E-state index contributed by atoms with van der Waals surface area (Å²) in [6.07, 6.45) is 5.51. The van der Waals surface area contributed by atoms with Crippen molar-refractivity contribution in [2.24, 2.45) is 11.7 Å². The molecule has 0 amide bonds. The molecule has 2 unspecified atom stereocenters. The molecule has 0 aromatic carbocycles. The summed E-state index contributed by atoms with van der Waals surface area (Å²) in [4.78, 5) is 9.83. The van der Waals surface area contributed by atoms with Crippen LogP contribution in [0, 0.1) is 5.92 Å². The number of carbonyl (C=O) groups is 1. The summed E-state index contributed by atoms with van der Waals surface area (Å²) in [5, 5.41) is 32.9. The fourth-order valence-corrected chi connectivity index (χ4v) is 1.85. The second kappa shape index (κ2) is 15.4. The van der Waals surface area contributed by atoms with E-state index in [0.29, 0.717) is 18.9 Å². The van der Waals surface area contributed by atoms with Gasteiger partial charge in [-0.1, -0.05) is 6.42 Å². The standard InChI is InChI=1S/C7H14O2.C5H11NO2.CH4O/c8-5-6-2-1-3-7(9)4-6;6-4-2-1-3-5(7)8;1-2/h6-9H,1-5H2;1-4,6H2,(H,7,8);2H,1H3. The zero-order chi connectivity index (χ0) is 15.1. The number of carboxylic acids is 1. The Kier molecular flexibility index (Phi) is 16.7. The molecule has 2 atom stereocenters. The van der Waals surface area contributed by atoms with E-state index in [-0.39, 0.29) is 19.1 Å². The third kappa shape index (κ3) is 15.3. The highest BCUT2D eigenvalue weighted by atomic mass is 16.4. The van der Waals surface area contributed by atoms with Gasteiger partial charge in [-0.2, -0.15) is 0 Å². The van der Waals surface area contributed by atoms with Gasteiger partial charge >= 0.3 is 5.97 Å². The van der Waals surface area contributed by atoms with E-state index in [1.54, 1.807) is 0 Å². The molecule has 1 saturated carbocycles. The summed E-state index contributed by atoms with van der Waals surface area (Å²) in [7, 11) is 1.00. The van der Waals surface area contributed by atoms with Gasteiger partial charge in [0.05, 0.1) is 6.10 Å². The highest BCUT2D eigenvalue weighted by molar-refractivity contribution is 5.66. The smallest absolute Gasteiger partial charge is 0.303 e. The second-order valence-electron chi connectivity index (χ2n) is 4.51. The van der Waals surface area contributed by atoms with Crippen LogP contribution >= 0.6 is 0 Å². The lowest BCUT2D eigenvalue weighted by Crippen LogP contribution is -2.21. The fourth-order valence-electron chi connectivity index (χ4n) is 1.85. The predicted octanol–water partition coefficient (Wildman–Crippen LogP) is 0.338. The monoisotopic (exact) mass is 279 g/mol. The van der Waals surface area contributed by atoms with Crippen molar-refractivity contribution in [2.75, 3.05) is 20.3 Å². The number of unbranched alkanes of at least 4 members (excludes halogenated alkanes) is 1. The van der Waals surface area contributed by atoms with Gasteiger partial charge in [-0.05, 0) is 44.6 Å². The zero-order valence-corrected chi connectivity index (χ0v) is 11.8. The van der Waals surface area contributed by atoms with Gasteiger partial charge in [-0.15, -0.1) is 0 Å². The molecule has 19 heavy (non-hydrogen) atoms. The topological polar surface area (TPSA) is 124 Å². The molecule has 6 nitrogen and oxygen atoms in total. The van der Waals surface area contributed by atoms with Gasteiger partial charge in [0.25, 0.3) is 0 Å². The molecule has 116 valence electrons. The number of rotatable bonds is 5. The second-order valence-corrected chi connectivity index (χ2v) is 4.51. The first-order valence-electron chi connectivity index (χ1n) is 6.75.